The van der Waals surface area contributed by atoms with E-state index < -0.39 is 0 Å². The van der Waals surface area contributed by atoms with E-state index in [1.165, 1.54) is 12.1 Å². The Morgan fingerprint density at radius 3 is 2.54 bits per heavy atom. The summed E-state index contributed by atoms with van der Waals surface area (Å²) in [5, 5.41) is 0. The van der Waals surface area contributed by atoms with E-state index in [1.807, 2.05) is 19.1 Å². The fourth-order valence-electron chi connectivity index (χ4n) is 2.80. The molecule has 0 saturated carbocycles. The minimum Gasteiger partial charge on any atom is -0.357 e. The SMILES string of the molecule is CCN(C(=O)c1ccc[nH]1)C(c1ccc(F)cc1)c1cccnc1. The maximum absolute atomic E-state index is 13.3. The van der Waals surface area contributed by atoms with Gasteiger partial charge in [0.25, 0.3) is 5.91 Å². The number of nitrogens with zero attached hydrogens (tertiary/aromatic N) is 2. The highest BCUT2D eigenvalue weighted by Gasteiger charge is 2.27. The Kier molecular flexibility index (Phi) is 4.70. The highest BCUT2D eigenvalue weighted by molar-refractivity contribution is 5.93. The normalized spacial score (nSPS) is 11.9. The van der Waals surface area contributed by atoms with Gasteiger partial charge in [0, 0.05) is 25.1 Å². The number of halogens is 1. The summed E-state index contributed by atoms with van der Waals surface area (Å²) in [6.45, 7) is 2.43. The number of amides is 1. The van der Waals surface area contributed by atoms with Crippen LogP contribution in [0.25, 0.3) is 0 Å². The van der Waals surface area contributed by atoms with Crippen molar-refractivity contribution < 1.29 is 9.18 Å². The van der Waals surface area contributed by atoms with Crippen molar-refractivity contribution in [3.05, 3.63) is 89.8 Å². The molecule has 0 aliphatic heterocycles. The monoisotopic (exact) mass is 323 g/mol. The lowest BCUT2D eigenvalue weighted by Crippen LogP contribution is -2.35. The lowest BCUT2D eigenvalue weighted by molar-refractivity contribution is 0.0711. The van der Waals surface area contributed by atoms with Crippen LogP contribution < -0.4 is 0 Å². The van der Waals surface area contributed by atoms with Gasteiger partial charge >= 0.3 is 0 Å². The Morgan fingerprint density at radius 1 is 1.17 bits per heavy atom. The summed E-state index contributed by atoms with van der Waals surface area (Å²) in [5.41, 5.74) is 2.24. The van der Waals surface area contributed by atoms with E-state index in [2.05, 4.69) is 9.97 Å². The quantitative estimate of drug-likeness (QED) is 0.776. The van der Waals surface area contributed by atoms with Crippen LogP contribution in [0.5, 0.6) is 0 Å². The van der Waals surface area contributed by atoms with Crippen LogP contribution in [-0.2, 0) is 0 Å². The summed E-state index contributed by atoms with van der Waals surface area (Å²) in [4.78, 5) is 21.8. The van der Waals surface area contributed by atoms with Gasteiger partial charge in [-0.25, -0.2) is 4.39 Å². The standard InChI is InChI=1S/C19H18FN3O/c1-2-23(19(24)17-6-4-12-22-17)18(15-5-3-11-21-13-15)14-7-9-16(20)10-8-14/h3-13,18,22H,2H2,1H3. The molecule has 1 aromatic carbocycles. The largest absolute Gasteiger partial charge is 0.357 e. The van der Waals surface area contributed by atoms with Crippen molar-refractivity contribution in [3.8, 4) is 0 Å². The van der Waals surface area contributed by atoms with Crippen LogP contribution in [0.2, 0.25) is 0 Å². The van der Waals surface area contributed by atoms with Gasteiger partial charge in [-0.05, 0) is 48.4 Å². The number of carbonyl (C=O) groups is 1. The average Bonchev–Trinajstić information content (AvgIpc) is 3.15. The van der Waals surface area contributed by atoms with Crippen LogP contribution in [0, 0.1) is 5.82 Å². The Morgan fingerprint density at radius 2 is 1.96 bits per heavy atom. The molecule has 122 valence electrons. The van der Waals surface area contributed by atoms with Crippen molar-refractivity contribution in [3.63, 3.8) is 0 Å². The fourth-order valence-corrected chi connectivity index (χ4v) is 2.80. The van der Waals surface area contributed by atoms with Crippen molar-refractivity contribution in [2.75, 3.05) is 6.54 Å². The van der Waals surface area contributed by atoms with Crippen LogP contribution >= 0.6 is 0 Å². The molecule has 1 amide bonds. The van der Waals surface area contributed by atoms with Crippen LogP contribution in [-0.4, -0.2) is 27.3 Å². The van der Waals surface area contributed by atoms with Crippen molar-refractivity contribution in [2.24, 2.45) is 0 Å². The number of carbonyl (C=O) groups excluding carboxylic acids is 1. The highest BCUT2D eigenvalue weighted by Crippen LogP contribution is 2.29. The van der Waals surface area contributed by atoms with Gasteiger partial charge in [0.1, 0.15) is 11.5 Å². The van der Waals surface area contributed by atoms with Gasteiger partial charge in [-0.3, -0.25) is 9.78 Å². The molecule has 0 bridgehead atoms. The summed E-state index contributed by atoms with van der Waals surface area (Å²) in [5.74, 6) is -0.414. The molecular weight excluding hydrogens is 305 g/mol. The van der Waals surface area contributed by atoms with Crippen LogP contribution in [0.1, 0.15) is 34.6 Å². The van der Waals surface area contributed by atoms with Crippen LogP contribution in [0.3, 0.4) is 0 Å². The number of hydrogen-bond acceptors (Lipinski definition) is 2. The van der Waals surface area contributed by atoms with E-state index in [1.54, 1.807) is 47.8 Å². The van der Waals surface area contributed by atoms with E-state index in [0.29, 0.717) is 12.2 Å². The third kappa shape index (κ3) is 3.20. The Balaban J connectivity index is 2.05. The van der Waals surface area contributed by atoms with Gasteiger partial charge in [-0.15, -0.1) is 0 Å². The summed E-state index contributed by atoms with van der Waals surface area (Å²) in [7, 11) is 0. The molecule has 0 aliphatic rings. The van der Waals surface area contributed by atoms with E-state index >= 15 is 0 Å². The van der Waals surface area contributed by atoms with Gasteiger partial charge < -0.3 is 9.88 Å². The number of benzene rings is 1. The molecule has 1 N–H and O–H groups in total. The second-order valence-electron chi connectivity index (χ2n) is 5.42. The number of hydrogen-bond donors (Lipinski definition) is 1. The van der Waals surface area contributed by atoms with Crippen molar-refractivity contribution in [1.29, 1.82) is 0 Å². The third-order valence-corrected chi connectivity index (χ3v) is 3.93. The molecule has 0 aliphatic carbocycles. The van der Waals surface area contributed by atoms with Crippen LogP contribution in [0.4, 0.5) is 4.39 Å². The molecule has 2 heterocycles. The first-order chi connectivity index (χ1) is 11.7. The second kappa shape index (κ2) is 7.08. The molecule has 0 radical (unpaired) electrons. The molecule has 24 heavy (non-hydrogen) atoms. The van der Waals surface area contributed by atoms with Gasteiger partial charge in [0.2, 0.25) is 0 Å². The fraction of sp³-hybridized carbons (Fsp3) is 0.158. The predicted octanol–water partition coefficient (Wildman–Crippen LogP) is 3.80. The van der Waals surface area contributed by atoms with Gasteiger partial charge in [-0.1, -0.05) is 18.2 Å². The third-order valence-electron chi connectivity index (χ3n) is 3.93. The second-order valence-corrected chi connectivity index (χ2v) is 5.42. The molecule has 5 heteroatoms. The zero-order valence-corrected chi connectivity index (χ0v) is 13.3. The number of H-pyrrole nitrogens is 1. The number of aromatic amines is 1. The maximum atomic E-state index is 13.3. The topological polar surface area (TPSA) is 49.0 Å². The van der Waals surface area contributed by atoms with E-state index in [-0.39, 0.29) is 17.8 Å². The Bertz CT molecular complexity index is 785. The average molecular weight is 323 g/mol. The van der Waals surface area contributed by atoms with E-state index in [0.717, 1.165) is 11.1 Å². The van der Waals surface area contributed by atoms with Gasteiger partial charge in [-0.2, -0.15) is 0 Å². The molecule has 3 rings (SSSR count). The molecule has 3 aromatic rings. The number of nitrogens with one attached hydrogen (secondary N) is 1. The minimum absolute atomic E-state index is 0.110. The Hall–Kier alpha value is -2.95. The molecule has 1 atom stereocenters. The summed E-state index contributed by atoms with van der Waals surface area (Å²) in [6, 6.07) is 13.2. The highest BCUT2D eigenvalue weighted by atomic mass is 19.1. The molecule has 0 saturated heterocycles. The maximum Gasteiger partial charge on any atom is 0.271 e. The predicted molar refractivity (Wildman–Crippen MR) is 90.0 cm³/mol. The zero-order valence-electron chi connectivity index (χ0n) is 13.3. The Labute approximate surface area is 140 Å². The molecule has 2 aromatic heterocycles. The number of aromatic nitrogens is 2. The van der Waals surface area contributed by atoms with E-state index in [4.69, 9.17) is 0 Å². The van der Waals surface area contributed by atoms with Crippen molar-refractivity contribution in [2.45, 2.75) is 13.0 Å². The molecule has 1 unspecified atom stereocenters. The lowest BCUT2D eigenvalue weighted by Gasteiger charge is -2.31. The van der Waals surface area contributed by atoms with Crippen molar-refractivity contribution in [1.82, 2.24) is 14.9 Å². The van der Waals surface area contributed by atoms with Gasteiger partial charge in [0.15, 0.2) is 0 Å². The molecular formula is C19H18FN3O. The molecule has 0 fully saturated rings. The molecule has 4 nitrogen and oxygen atoms in total. The van der Waals surface area contributed by atoms with Crippen molar-refractivity contribution >= 4 is 5.91 Å². The lowest BCUT2D eigenvalue weighted by atomic mass is 9.98. The zero-order chi connectivity index (χ0) is 16.9. The summed E-state index contributed by atoms with van der Waals surface area (Å²) >= 11 is 0. The smallest absolute Gasteiger partial charge is 0.271 e. The van der Waals surface area contributed by atoms with Crippen LogP contribution in [0.15, 0.2) is 67.1 Å². The first kappa shape index (κ1) is 15.9. The minimum atomic E-state index is -0.333. The summed E-state index contributed by atoms with van der Waals surface area (Å²) in [6.07, 6.45) is 5.14. The van der Waals surface area contributed by atoms with Gasteiger partial charge in [0.05, 0.1) is 6.04 Å². The number of pyridine rings is 1. The van der Waals surface area contributed by atoms with E-state index in [9.17, 15) is 9.18 Å². The first-order valence-corrected chi connectivity index (χ1v) is 7.80. The molecule has 0 spiro atoms. The first-order valence-electron chi connectivity index (χ1n) is 7.80. The summed E-state index contributed by atoms with van der Waals surface area (Å²) < 4.78 is 13.3. The number of rotatable bonds is 5.